The van der Waals surface area contributed by atoms with Crippen LogP contribution in [0.4, 0.5) is 5.69 Å². The van der Waals surface area contributed by atoms with E-state index in [0.29, 0.717) is 25.3 Å². The normalized spacial score (nSPS) is 19.9. The second kappa shape index (κ2) is 6.95. The van der Waals surface area contributed by atoms with E-state index in [4.69, 9.17) is 4.74 Å². The molecule has 2 heterocycles. The number of hydrogen-bond acceptors (Lipinski definition) is 4. The van der Waals surface area contributed by atoms with Gasteiger partial charge in [-0.15, -0.1) is 0 Å². The van der Waals surface area contributed by atoms with E-state index >= 15 is 0 Å². The molecule has 27 heavy (non-hydrogen) atoms. The van der Waals surface area contributed by atoms with Crippen LogP contribution in [0.3, 0.4) is 0 Å². The lowest BCUT2D eigenvalue weighted by Crippen LogP contribution is -2.57. The van der Waals surface area contributed by atoms with E-state index in [2.05, 4.69) is 0 Å². The zero-order chi connectivity index (χ0) is 19.0. The molecule has 0 unspecified atom stereocenters. The predicted octanol–water partition coefficient (Wildman–Crippen LogP) is 2.34. The number of aromatic hydroxyl groups is 1. The van der Waals surface area contributed by atoms with E-state index in [0.717, 1.165) is 11.3 Å². The van der Waals surface area contributed by atoms with Gasteiger partial charge in [0.2, 0.25) is 11.8 Å². The van der Waals surface area contributed by atoms with E-state index in [9.17, 15) is 14.7 Å². The lowest BCUT2D eigenvalue weighted by atomic mass is 10.0. The highest BCUT2D eigenvalue weighted by atomic mass is 16.5. The van der Waals surface area contributed by atoms with E-state index in [-0.39, 0.29) is 36.0 Å². The molecule has 2 aliphatic rings. The molecule has 2 amide bonds. The maximum atomic E-state index is 12.7. The Balaban J connectivity index is 1.34. The van der Waals surface area contributed by atoms with Crippen molar-refractivity contribution in [2.24, 2.45) is 5.92 Å². The SMILES string of the molecule is Cc1ccccc1OC1CN(C(=O)[C@H]2CC(=O)N(c3cccc(O)c3)C2)C1. The lowest BCUT2D eigenvalue weighted by Gasteiger charge is -2.40. The minimum Gasteiger partial charge on any atom is -0.508 e. The van der Waals surface area contributed by atoms with Gasteiger partial charge in [0, 0.05) is 24.7 Å². The van der Waals surface area contributed by atoms with Crippen molar-refractivity contribution >= 4 is 17.5 Å². The molecule has 2 aliphatic heterocycles. The smallest absolute Gasteiger partial charge is 0.228 e. The first-order valence-corrected chi connectivity index (χ1v) is 9.12. The van der Waals surface area contributed by atoms with Gasteiger partial charge in [-0.25, -0.2) is 0 Å². The van der Waals surface area contributed by atoms with Crippen LogP contribution in [0.2, 0.25) is 0 Å². The predicted molar refractivity (Wildman–Crippen MR) is 101 cm³/mol. The molecule has 140 valence electrons. The number of phenols is 1. The molecule has 6 heteroatoms. The summed E-state index contributed by atoms with van der Waals surface area (Å²) >= 11 is 0. The van der Waals surface area contributed by atoms with E-state index in [1.807, 2.05) is 31.2 Å². The molecule has 0 bridgehead atoms. The Kier molecular flexibility index (Phi) is 4.48. The van der Waals surface area contributed by atoms with Crippen LogP contribution in [-0.2, 0) is 9.59 Å². The number of phenolic OH excluding ortho intramolecular Hbond substituents is 1. The molecule has 2 fully saturated rings. The van der Waals surface area contributed by atoms with Crippen molar-refractivity contribution in [1.29, 1.82) is 0 Å². The molecule has 0 spiro atoms. The van der Waals surface area contributed by atoms with Gasteiger partial charge >= 0.3 is 0 Å². The second-order valence-electron chi connectivity index (χ2n) is 7.17. The van der Waals surface area contributed by atoms with Crippen LogP contribution in [0.15, 0.2) is 48.5 Å². The first kappa shape index (κ1) is 17.4. The lowest BCUT2D eigenvalue weighted by molar-refractivity contribution is -0.144. The molecule has 0 aliphatic carbocycles. The molecule has 2 aromatic carbocycles. The molecule has 0 radical (unpaired) electrons. The fraction of sp³-hybridized carbons (Fsp3) is 0.333. The molecule has 4 rings (SSSR count). The Labute approximate surface area is 158 Å². The highest BCUT2D eigenvalue weighted by Gasteiger charge is 2.41. The average molecular weight is 366 g/mol. The average Bonchev–Trinajstić information content (AvgIpc) is 3.00. The van der Waals surface area contributed by atoms with E-state index in [1.165, 1.54) is 0 Å². The van der Waals surface area contributed by atoms with Gasteiger partial charge < -0.3 is 19.6 Å². The van der Waals surface area contributed by atoms with Crippen molar-refractivity contribution in [3.63, 3.8) is 0 Å². The van der Waals surface area contributed by atoms with Crippen molar-refractivity contribution in [3.05, 3.63) is 54.1 Å². The van der Waals surface area contributed by atoms with Crippen LogP contribution < -0.4 is 9.64 Å². The number of aryl methyl sites for hydroxylation is 1. The Morgan fingerprint density at radius 2 is 1.89 bits per heavy atom. The number of amides is 2. The summed E-state index contributed by atoms with van der Waals surface area (Å²) in [4.78, 5) is 28.4. The molecule has 0 aromatic heterocycles. The van der Waals surface area contributed by atoms with Crippen molar-refractivity contribution in [2.45, 2.75) is 19.4 Å². The van der Waals surface area contributed by atoms with E-state index < -0.39 is 0 Å². The number of carbonyl (C=O) groups is 2. The van der Waals surface area contributed by atoms with Crippen molar-refractivity contribution in [1.82, 2.24) is 4.90 Å². The summed E-state index contributed by atoms with van der Waals surface area (Å²) in [6, 6.07) is 14.4. The standard InChI is InChI=1S/C21H22N2O4/c1-14-5-2-3-8-19(14)27-18-12-22(13-18)21(26)15-9-20(25)23(11-15)16-6-4-7-17(24)10-16/h2-8,10,15,18,24H,9,11-13H2,1H3/t15-/m0/s1. The molecular formula is C21H22N2O4. The third-order valence-electron chi connectivity index (χ3n) is 5.16. The van der Waals surface area contributed by atoms with Gasteiger partial charge in [-0.3, -0.25) is 9.59 Å². The summed E-state index contributed by atoms with van der Waals surface area (Å²) in [5.41, 5.74) is 1.70. The molecule has 2 aromatic rings. The molecule has 1 N–H and O–H groups in total. The first-order valence-electron chi connectivity index (χ1n) is 9.12. The Bertz CT molecular complexity index is 876. The highest BCUT2D eigenvalue weighted by Crippen LogP contribution is 2.30. The fourth-order valence-corrected chi connectivity index (χ4v) is 3.60. The highest BCUT2D eigenvalue weighted by molar-refractivity contribution is 6.00. The Morgan fingerprint density at radius 3 is 2.63 bits per heavy atom. The summed E-state index contributed by atoms with van der Waals surface area (Å²) in [6.45, 7) is 3.44. The number of rotatable bonds is 4. The van der Waals surface area contributed by atoms with Gasteiger partial charge in [-0.2, -0.15) is 0 Å². The number of nitrogens with zero attached hydrogens (tertiary/aromatic N) is 2. The van der Waals surface area contributed by atoms with Gasteiger partial charge in [-0.1, -0.05) is 24.3 Å². The van der Waals surface area contributed by atoms with Crippen molar-refractivity contribution in [3.8, 4) is 11.5 Å². The zero-order valence-corrected chi connectivity index (χ0v) is 15.2. The molecule has 1 atom stereocenters. The van der Waals surface area contributed by atoms with Crippen molar-refractivity contribution in [2.75, 3.05) is 24.5 Å². The molecule has 6 nitrogen and oxygen atoms in total. The third-order valence-corrected chi connectivity index (χ3v) is 5.16. The van der Waals surface area contributed by atoms with Crippen molar-refractivity contribution < 1.29 is 19.4 Å². The van der Waals surface area contributed by atoms with Gasteiger partial charge in [0.1, 0.15) is 17.6 Å². The fourth-order valence-electron chi connectivity index (χ4n) is 3.60. The van der Waals surface area contributed by atoms with Gasteiger partial charge in [-0.05, 0) is 30.7 Å². The van der Waals surface area contributed by atoms with Crippen LogP contribution in [-0.4, -0.2) is 47.6 Å². The number of hydrogen-bond donors (Lipinski definition) is 1. The minimum atomic E-state index is -0.348. The monoisotopic (exact) mass is 366 g/mol. The van der Waals surface area contributed by atoms with Gasteiger partial charge in [0.15, 0.2) is 0 Å². The summed E-state index contributed by atoms with van der Waals surface area (Å²) < 4.78 is 5.95. The minimum absolute atomic E-state index is 0.00404. The Hall–Kier alpha value is -3.02. The van der Waals surface area contributed by atoms with Crippen LogP contribution >= 0.6 is 0 Å². The summed E-state index contributed by atoms with van der Waals surface area (Å²) in [7, 11) is 0. The zero-order valence-electron chi connectivity index (χ0n) is 15.2. The summed E-state index contributed by atoms with van der Waals surface area (Å²) in [5.74, 6) is 0.511. The quantitative estimate of drug-likeness (QED) is 0.902. The van der Waals surface area contributed by atoms with Gasteiger partial charge in [0.05, 0.1) is 19.0 Å². The van der Waals surface area contributed by atoms with Crippen LogP contribution in [0.1, 0.15) is 12.0 Å². The number of benzene rings is 2. The van der Waals surface area contributed by atoms with Crippen LogP contribution in [0.25, 0.3) is 0 Å². The largest absolute Gasteiger partial charge is 0.508 e. The number of anilines is 1. The maximum absolute atomic E-state index is 12.7. The topological polar surface area (TPSA) is 70.1 Å². The number of para-hydroxylation sites is 1. The van der Waals surface area contributed by atoms with Crippen LogP contribution in [0.5, 0.6) is 11.5 Å². The first-order chi connectivity index (χ1) is 13.0. The summed E-state index contributed by atoms with van der Waals surface area (Å²) in [6.07, 6.45) is 0.197. The number of ether oxygens (including phenoxy) is 1. The number of likely N-dealkylation sites (tertiary alicyclic amines) is 1. The van der Waals surface area contributed by atoms with Crippen LogP contribution in [0, 0.1) is 12.8 Å². The summed E-state index contributed by atoms with van der Waals surface area (Å²) in [5, 5.41) is 9.61. The third kappa shape index (κ3) is 3.47. The number of carbonyl (C=O) groups excluding carboxylic acids is 2. The molecule has 0 saturated carbocycles. The van der Waals surface area contributed by atoms with E-state index in [1.54, 1.807) is 34.1 Å². The van der Waals surface area contributed by atoms with Gasteiger partial charge in [0.25, 0.3) is 0 Å². The molecule has 2 saturated heterocycles. The second-order valence-corrected chi connectivity index (χ2v) is 7.17. The maximum Gasteiger partial charge on any atom is 0.228 e. The Morgan fingerprint density at radius 1 is 1.11 bits per heavy atom. The molecular weight excluding hydrogens is 344 g/mol.